The van der Waals surface area contributed by atoms with E-state index in [-0.39, 0.29) is 37.6 Å². The van der Waals surface area contributed by atoms with Crippen LogP contribution in [0.5, 0.6) is 0 Å². The molecule has 0 N–H and O–H groups in total. The molecule has 4 bridgehead atoms. The van der Waals surface area contributed by atoms with Crippen LogP contribution in [0.2, 0.25) is 0 Å². The number of rotatable bonds is 0. The lowest BCUT2D eigenvalue weighted by Crippen LogP contribution is -2.55. The van der Waals surface area contributed by atoms with Gasteiger partial charge in [0.2, 0.25) is 11.2 Å². The number of hydrogen-bond donors (Lipinski definition) is 0. The van der Waals surface area contributed by atoms with Gasteiger partial charge in [0.1, 0.15) is 11.2 Å². The maximum absolute atomic E-state index is 13.8. The number of carbonyl (C=O) groups excluding carboxylic acids is 4. The predicted molar refractivity (Wildman–Crippen MR) is 124 cm³/mol. The summed E-state index contributed by atoms with van der Waals surface area (Å²) in [6, 6.07) is 0. The van der Waals surface area contributed by atoms with Crippen LogP contribution >= 0.6 is 0 Å². The Bertz CT molecular complexity index is 1110. The molecule has 0 unspecified atom stereocenters. The maximum Gasteiger partial charge on any atom is 0.350 e. The lowest BCUT2D eigenvalue weighted by molar-refractivity contribution is -0.173. The molecule has 0 amide bonds. The van der Waals surface area contributed by atoms with Gasteiger partial charge in [-0.15, -0.1) is 0 Å². The van der Waals surface area contributed by atoms with Gasteiger partial charge in [-0.2, -0.15) is 0 Å². The lowest BCUT2D eigenvalue weighted by atomic mass is 9.57. The van der Waals surface area contributed by atoms with Crippen LogP contribution in [0.3, 0.4) is 0 Å². The molecule has 6 atom stereocenters. The minimum atomic E-state index is -1.78. The molecule has 2 aliphatic carbocycles. The van der Waals surface area contributed by atoms with Crippen molar-refractivity contribution in [1.82, 2.24) is 0 Å². The van der Waals surface area contributed by atoms with Gasteiger partial charge in [0.05, 0.1) is 24.0 Å². The summed E-state index contributed by atoms with van der Waals surface area (Å²) in [7, 11) is 0. The number of ketones is 2. The SMILES string of the molecule is C[C@@]12CCCC[C@@]13C=C1CCOC(=O)[C@@]45O[C@]6(C=C4CCOC(=O)[C@@]1(O3)C2=O)CCCC[C@]6(C)C5=O. The standard InChI is InChI=1S/C28H32O8/c1-23-9-3-5-11-25(23)15-17-7-13-34-22(32)28-18(8-14-33-21(31)27(17,35-25)19(23)29)16-26(36-28)12-6-4-10-24(26,2)20(28)30/h15-16H,3-14H2,1-2H3/t23-,24+,25+,26-,27-,28+. The lowest BCUT2D eigenvalue weighted by Gasteiger charge is -2.43. The monoisotopic (exact) mass is 496 g/mol. The molecule has 0 aromatic heterocycles. The molecule has 5 fully saturated rings. The van der Waals surface area contributed by atoms with Crippen LogP contribution in [0.4, 0.5) is 0 Å². The summed E-state index contributed by atoms with van der Waals surface area (Å²) in [5, 5.41) is 0. The van der Waals surface area contributed by atoms with Crippen LogP contribution in [-0.4, -0.2) is 59.1 Å². The van der Waals surface area contributed by atoms with Gasteiger partial charge < -0.3 is 18.9 Å². The molecular weight excluding hydrogens is 464 g/mol. The molecule has 7 rings (SSSR count). The summed E-state index contributed by atoms with van der Waals surface area (Å²) in [6.07, 6.45) is 10.4. The molecule has 8 heteroatoms. The summed E-state index contributed by atoms with van der Waals surface area (Å²) in [5.41, 5.74) is -5.77. The van der Waals surface area contributed by atoms with Gasteiger partial charge in [0.15, 0.2) is 11.6 Å². The first-order valence-corrected chi connectivity index (χ1v) is 13.4. The van der Waals surface area contributed by atoms with Crippen LogP contribution in [0.1, 0.15) is 78.1 Å². The molecule has 36 heavy (non-hydrogen) atoms. The van der Waals surface area contributed by atoms with Gasteiger partial charge in [-0.3, -0.25) is 9.59 Å². The van der Waals surface area contributed by atoms with Crippen molar-refractivity contribution in [3.8, 4) is 0 Å². The number of esters is 2. The molecule has 4 spiro atoms. The fourth-order valence-electron chi connectivity index (χ4n) is 8.51. The van der Waals surface area contributed by atoms with E-state index in [1.807, 2.05) is 26.0 Å². The van der Waals surface area contributed by atoms with E-state index < -0.39 is 45.2 Å². The highest BCUT2D eigenvalue weighted by molar-refractivity contribution is 6.18. The van der Waals surface area contributed by atoms with Crippen LogP contribution in [0, 0.1) is 10.8 Å². The second kappa shape index (κ2) is 6.76. The van der Waals surface area contributed by atoms with Gasteiger partial charge in [0, 0.05) is 12.8 Å². The number of hydrogen-bond acceptors (Lipinski definition) is 8. The molecule has 7 aliphatic rings. The van der Waals surface area contributed by atoms with E-state index >= 15 is 0 Å². The number of carbonyl (C=O) groups is 4. The van der Waals surface area contributed by atoms with Crippen LogP contribution in [0.15, 0.2) is 23.3 Å². The molecule has 0 aromatic rings. The van der Waals surface area contributed by atoms with Crippen molar-refractivity contribution in [3.05, 3.63) is 23.3 Å². The summed E-state index contributed by atoms with van der Waals surface area (Å²) < 4.78 is 24.2. The van der Waals surface area contributed by atoms with E-state index in [0.29, 0.717) is 36.8 Å². The maximum atomic E-state index is 13.8. The third-order valence-electron chi connectivity index (χ3n) is 10.6. The largest absolute Gasteiger partial charge is 0.463 e. The molecule has 0 radical (unpaired) electrons. The first kappa shape index (κ1) is 22.8. The molecule has 5 heterocycles. The van der Waals surface area contributed by atoms with Crippen molar-refractivity contribution in [1.29, 1.82) is 0 Å². The van der Waals surface area contributed by atoms with Crippen molar-refractivity contribution < 1.29 is 38.1 Å². The number of Topliss-reactive ketones (excluding diaryl/α,β-unsaturated/α-hetero) is 2. The van der Waals surface area contributed by atoms with E-state index in [1.165, 1.54) is 0 Å². The van der Waals surface area contributed by atoms with E-state index in [1.54, 1.807) is 0 Å². The Kier molecular flexibility index (Phi) is 4.29. The van der Waals surface area contributed by atoms with Crippen LogP contribution in [0.25, 0.3) is 0 Å². The van der Waals surface area contributed by atoms with Crippen molar-refractivity contribution in [2.24, 2.45) is 10.8 Å². The zero-order chi connectivity index (χ0) is 25.2. The highest BCUT2D eigenvalue weighted by atomic mass is 16.6. The fourth-order valence-corrected chi connectivity index (χ4v) is 8.51. The molecule has 8 nitrogen and oxygen atoms in total. The Morgan fingerprint density at radius 3 is 1.42 bits per heavy atom. The highest BCUT2D eigenvalue weighted by Crippen LogP contribution is 2.65. The van der Waals surface area contributed by atoms with Gasteiger partial charge in [0.25, 0.3) is 0 Å². The van der Waals surface area contributed by atoms with Crippen LogP contribution in [-0.2, 0) is 38.1 Å². The van der Waals surface area contributed by atoms with E-state index in [2.05, 4.69) is 0 Å². The Balaban J connectivity index is 1.27. The van der Waals surface area contributed by atoms with E-state index in [9.17, 15) is 19.2 Å². The molecule has 5 aliphatic heterocycles. The molecule has 192 valence electrons. The quantitative estimate of drug-likeness (QED) is 0.286. The zero-order valence-corrected chi connectivity index (χ0v) is 20.9. The van der Waals surface area contributed by atoms with E-state index in [4.69, 9.17) is 18.9 Å². The van der Waals surface area contributed by atoms with Gasteiger partial charge in [-0.25, -0.2) is 9.59 Å². The first-order valence-electron chi connectivity index (χ1n) is 13.4. The third kappa shape index (κ3) is 2.23. The van der Waals surface area contributed by atoms with Crippen molar-refractivity contribution in [2.45, 2.75) is 100 Å². The average molecular weight is 497 g/mol. The van der Waals surface area contributed by atoms with E-state index in [0.717, 1.165) is 25.7 Å². The Hall–Kier alpha value is -2.32. The number of cyclic esters (lactones) is 2. The molecule has 2 saturated carbocycles. The fraction of sp³-hybridized carbons (Fsp3) is 0.714. The van der Waals surface area contributed by atoms with Crippen molar-refractivity contribution >= 4 is 23.5 Å². The minimum Gasteiger partial charge on any atom is -0.463 e. The summed E-state index contributed by atoms with van der Waals surface area (Å²) in [4.78, 5) is 54.9. The molecule has 0 aromatic carbocycles. The zero-order valence-electron chi connectivity index (χ0n) is 20.9. The molecule has 3 saturated heterocycles. The van der Waals surface area contributed by atoms with Crippen molar-refractivity contribution in [2.75, 3.05) is 13.2 Å². The summed E-state index contributed by atoms with van der Waals surface area (Å²) in [6.45, 7) is 3.62. The van der Waals surface area contributed by atoms with Crippen molar-refractivity contribution in [3.63, 3.8) is 0 Å². The first-order chi connectivity index (χ1) is 17.1. The Labute approximate surface area is 209 Å². The third-order valence-corrected chi connectivity index (χ3v) is 10.6. The summed E-state index contributed by atoms with van der Waals surface area (Å²) >= 11 is 0. The Morgan fingerprint density at radius 2 is 1.00 bits per heavy atom. The van der Waals surface area contributed by atoms with Gasteiger partial charge in [-0.05, 0) is 62.8 Å². The molecular formula is C28H32O8. The average Bonchev–Trinajstić information content (AvgIpc) is 3.49. The second-order valence-corrected chi connectivity index (χ2v) is 12.2. The van der Waals surface area contributed by atoms with Gasteiger partial charge >= 0.3 is 11.9 Å². The van der Waals surface area contributed by atoms with Crippen LogP contribution < -0.4 is 0 Å². The topological polar surface area (TPSA) is 105 Å². The Morgan fingerprint density at radius 1 is 0.611 bits per heavy atom. The predicted octanol–water partition coefficient (Wildman–Crippen LogP) is 3.06. The smallest absolute Gasteiger partial charge is 0.350 e. The minimum absolute atomic E-state index is 0.0848. The second-order valence-electron chi connectivity index (χ2n) is 12.2. The summed E-state index contributed by atoms with van der Waals surface area (Å²) in [5.74, 6) is -1.90. The van der Waals surface area contributed by atoms with Gasteiger partial charge in [-0.1, -0.05) is 25.7 Å². The highest BCUT2D eigenvalue weighted by Gasteiger charge is 2.78. The number of ether oxygens (including phenoxy) is 4. The normalized spacial score (nSPS) is 49.5.